The number of pyridine rings is 1. The normalized spacial score (nSPS) is 12.3. The molecule has 7 nitrogen and oxygen atoms in total. The first-order chi connectivity index (χ1) is 17.7. The number of hydrogen-bond donors (Lipinski definition) is 3. The molecule has 0 bridgehead atoms. The number of thiophene rings is 1. The maximum Gasteiger partial charge on any atom is 0.257 e. The highest BCUT2D eigenvalue weighted by molar-refractivity contribution is 7.19. The number of nitrogens with one attached hydrogen (secondary N) is 1. The molecule has 2 heterocycles. The van der Waals surface area contributed by atoms with E-state index < -0.39 is 12.0 Å². The third-order valence-electron chi connectivity index (χ3n) is 6.40. The Morgan fingerprint density at radius 3 is 2.43 bits per heavy atom. The number of carbonyl (C=O) groups is 1. The van der Waals surface area contributed by atoms with Crippen LogP contribution in [0.2, 0.25) is 0 Å². The number of rotatable bonds is 9. The average molecular weight is 524 g/mol. The van der Waals surface area contributed by atoms with Gasteiger partial charge in [0.05, 0.1) is 22.9 Å². The van der Waals surface area contributed by atoms with Crippen molar-refractivity contribution < 1.29 is 19.4 Å². The quantitative estimate of drug-likeness (QED) is 0.312. The van der Waals surface area contributed by atoms with Crippen LogP contribution >= 0.6 is 11.3 Å². The molecule has 0 radical (unpaired) electrons. The maximum absolute atomic E-state index is 13.3. The van der Waals surface area contributed by atoms with Crippen molar-refractivity contribution in [2.45, 2.75) is 32.7 Å². The summed E-state index contributed by atoms with van der Waals surface area (Å²) >= 11 is 1.36. The molecule has 0 aliphatic carbocycles. The summed E-state index contributed by atoms with van der Waals surface area (Å²) in [6.45, 7) is 3.02. The molecule has 1 atom stereocenters. The molecular formula is C28H30FN3O4S. The van der Waals surface area contributed by atoms with Crippen LogP contribution in [-0.4, -0.2) is 39.2 Å². The predicted octanol–water partition coefficient (Wildman–Crippen LogP) is 3.64. The van der Waals surface area contributed by atoms with E-state index in [2.05, 4.69) is 5.32 Å². The number of halogens is 1. The zero-order chi connectivity index (χ0) is 26.7. The molecule has 0 saturated carbocycles. The molecule has 2 aromatic heterocycles. The van der Waals surface area contributed by atoms with Gasteiger partial charge < -0.3 is 20.1 Å². The Kier molecular flexibility index (Phi) is 8.19. The molecule has 0 aliphatic rings. The van der Waals surface area contributed by atoms with Gasteiger partial charge in [-0.05, 0) is 48.4 Å². The first-order valence-electron chi connectivity index (χ1n) is 11.9. The number of amides is 1. The van der Waals surface area contributed by atoms with Gasteiger partial charge in [0.15, 0.2) is 0 Å². The van der Waals surface area contributed by atoms with E-state index in [4.69, 9.17) is 0 Å². The van der Waals surface area contributed by atoms with Gasteiger partial charge >= 0.3 is 0 Å². The summed E-state index contributed by atoms with van der Waals surface area (Å²) in [5.41, 5.74) is 3.77. The van der Waals surface area contributed by atoms with E-state index in [1.54, 1.807) is 47.2 Å². The molecule has 1 amide bonds. The monoisotopic (exact) mass is 523 g/mol. The number of aliphatic hydroxyl groups excluding tert-OH is 2. The summed E-state index contributed by atoms with van der Waals surface area (Å²) in [5.74, 6) is -0.831. The fourth-order valence-electron chi connectivity index (χ4n) is 4.32. The SMILES string of the molecule is Cc1c(CN(C)CC(O)c2ccc(CO)cc2)sc2c(=O)c(C(=O)NCc3ccc(F)cc3)cn(C)c12. The lowest BCUT2D eigenvalue weighted by atomic mass is 10.1. The minimum Gasteiger partial charge on any atom is -0.392 e. The summed E-state index contributed by atoms with van der Waals surface area (Å²) in [7, 11) is 3.72. The van der Waals surface area contributed by atoms with Crippen molar-refractivity contribution in [1.29, 1.82) is 0 Å². The second kappa shape index (κ2) is 11.4. The lowest BCUT2D eigenvalue weighted by molar-refractivity contribution is 0.0949. The first kappa shape index (κ1) is 26.7. The molecule has 0 spiro atoms. The number of aliphatic hydroxyl groups is 2. The molecule has 2 aromatic carbocycles. The topological polar surface area (TPSA) is 94.8 Å². The van der Waals surface area contributed by atoms with Crippen LogP contribution in [0.4, 0.5) is 4.39 Å². The van der Waals surface area contributed by atoms with Gasteiger partial charge in [0, 0.05) is 37.8 Å². The van der Waals surface area contributed by atoms with Crippen LogP contribution in [0, 0.1) is 12.7 Å². The highest BCUT2D eigenvalue weighted by atomic mass is 32.1. The van der Waals surface area contributed by atoms with Crippen LogP contribution in [0.15, 0.2) is 59.5 Å². The Bertz CT molecular complexity index is 1460. The molecule has 3 N–H and O–H groups in total. The van der Waals surface area contributed by atoms with Crippen molar-refractivity contribution >= 4 is 27.5 Å². The summed E-state index contributed by atoms with van der Waals surface area (Å²) in [4.78, 5) is 29.1. The van der Waals surface area contributed by atoms with E-state index in [9.17, 15) is 24.2 Å². The summed E-state index contributed by atoms with van der Waals surface area (Å²) in [5, 5.41) is 22.6. The number of likely N-dealkylation sites (N-methyl/N-ethyl adjacent to an activating group) is 1. The van der Waals surface area contributed by atoms with Crippen molar-refractivity contribution in [3.8, 4) is 0 Å². The summed E-state index contributed by atoms with van der Waals surface area (Å²) < 4.78 is 15.4. The van der Waals surface area contributed by atoms with Gasteiger partial charge in [-0.1, -0.05) is 36.4 Å². The van der Waals surface area contributed by atoms with Crippen LogP contribution in [0.1, 0.15) is 43.6 Å². The molecule has 1 unspecified atom stereocenters. The average Bonchev–Trinajstić information content (AvgIpc) is 3.22. The van der Waals surface area contributed by atoms with Crippen molar-refractivity contribution in [2.24, 2.45) is 7.05 Å². The van der Waals surface area contributed by atoms with Gasteiger partial charge in [0.1, 0.15) is 11.4 Å². The molecule has 0 saturated heterocycles. The number of aromatic nitrogens is 1. The van der Waals surface area contributed by atoms with Crippen molar-refractivity contribution in [1.82, 2.24) is 14.8 Å². The van der Waals surface area contributed by atoms with Crippen LogP contribution in [0.25, 0.3) is 10.2 Å². The third-order valence-corrected chi connectivity index (χ3v) is 7.66. The van der Waals surface area contributed by atoms with Crippen molar-refractivity contribution in [3.05, 3.63) is 103 Å². The second-order valence-corrected chi connectivity index (χ2v) is 10.3. The van der Waals surface area contributed by atoms with Gasteiger partial charge in [0.2, 0.25) is 5.43 Å². The minimum absolute atomic E-state index is 0.0434. The third kappa shape index (κ3) is 5.97. The van der Waals surface area contributed by atoms with E-state index in [1.165, 1.54) is 23.5 Å². The van der Waals surface area contributed by atoms with Crippen LogP contribution in [0.5, 0.6) is 0 Å². The zero-order valence-corrected chi connectivity index (χ0v) is 21.8. The molecule has 4 aromatic rings. The van der Waals surface area contributed by atoms with Gasteiger partial charge in [-0.25, -0.2) is 4.39 Å². The highest BCUT2D eigenvalue weighted by Gasteiger charge is 2.21. The Hall–Kier alpha value is -3.37. The molecule has 0 aliphatic heterocycles. The van der Waals surface area contributed by atoms with Gasteiger partial charge in [-0.3, -0.25) is 14.5 Å². The Morgan fingerprint density at radius 1 is 1.14 bits per heavy atom. The first-order valence-corrected chi connectivity index (χ1v) is 12.7. The fraction of sp³-hybridized carbons (Fsp3) is 0.286. The summed E-state index contributed by atoms with van der Waals surface area (Å²) in [6, 6.07) is 13.0. The van der Waals surface area contributed by atoms with E-state index in [-0.39, 0.29) is 30.0 Å². The summed E-state index contributed by atoms with van der Waals surface area (Å²) in [6.07, 6.45) is 0.854. The second-order valence-electron chi connectivity index (χ2n) is 9.23. The highest BCUT2D eigenvalue weighted by Crippen LogP contribution is 2.30. The standard InChI is InChI=1S/C28H30FN3O4S/c1-17-24(15-31(2)14-23(34)20-8-4-19(16-33)5-9-20)37-27-25(17)32(3)13-22(26(27)35)28(36)30-12-18-6-10-21(29)11-7-18/h4-11,13,23,33-34H,12,14-16H2,1-3H3,(H,30,36). The Morgan fingerprint density at radius 2 is 1.78 bits per heavy atom. The lowest BCUT2D eigenvalue weighted by Crippen LogP contribution is -2.29. The lowest BCUT2D eigenvalue weighted by Gasteiger charge is -2.20. The van der Waals surface area contributed by atoms with E-state index >= 15 is 0 Å². The number of benzene rings is 2. The fourth-order valence-corrected chi connectivity index (χ4v) is 5.69. The van der Waals surface area contributed by atoms with Crippen LogP contribution < -0.4 is 10.7 Å². The molecular weight excluding hydrogens is 493 g/mol. The Labute approximate surface area is 218 Å². The molecule has 0 fully saturated rings. The van der Waals surface area contributed by atoms with E-state index in [1.807, 2.05) is 25.9 Å². The number of hydrogen-bond acceptors (Lipinski definition) is 6. The van der Waals surface area contributed by atoms with E-state index in [0.717, 1.165) is 32.6 Å². The number of carbonyl (C=O) groups excluding carboxylic acids is 1. The molecule has 37 heavy (non-hydrogen) atoms. The van der Waals surface area contributed by atoms with E-state index in [0.29, 0.717) is 17.8 Å². The number of aryl methyl sites for hydroxylation is 2. The van der Waals surface area contributed by atoms with Gasteiger partial charge in [-0.2, -0.15) is 0 Å². The molecule has 9 heteroatoms. The van der Waals surface area contributed by atoms with Crippen LogP contribution in [0.3, 0.4) is 0 Å². The van der Waals surface area contributed by atoms with Crippen molar-refractivity contribution in [3.63, 3.8) is 0 Å². The largest absolute Gasteiger partial charge is 0.392 e. The number of nitrogens with zero attached hydrogens (tertiary/aromatic N) is 2. The molecule has 4 rings (SSSR count). The number of fused-ring (bicyclic) bond motifs is 1. The Balaban J connectivity index is 1.50. The predicted molar refractivity (Wildman–Crippen MR) is 143 cm³/mol. The molecule has 194 valence electrons. The van der Waals surface area contributed by atoms with Crippen molar-refractivity contribution in [2.75, 3.05) is 13.6 Å². The van der Waals surface area contributed by atoms with Gasteiger partial charge in [-0.15, -0.1) is 11.3 Å². The van der Waals surface area contributed by atoms with Gasteiger partial charge in [0.25, 0.3) is 5.91 Å². The minimum atomic E-state index is -0.699. The van der Waals surface area contributed by atoms with Crippen LogP contribution in [-0.2, 0) is 26.7 Å². The maximum atomic E-state index is 13.3. The smallest absolute Gasteiger partial charge is 0.257 e. The zero-order valence-electron chi connectivity index (χ0n) is 21.0.